The van der Waals surface area contributed by atoms with Crippen LogP contribution in [0, 0.1) is 13.8 Å². The Bertz CT molecular complexity index is 684. The Kier molecular flexibility index (Phi) is 8.78. The minimum atomic E-state index is -0.257. The van der Waals surface area contributed by atoms with Gasteiger partial charge in [0.15, 0.2) is 0 Å². The summed E-state index contributed by atoms with van der Waals surface area (Å²) < 4.78 is 0. The maximum absolute atomic E-state index is 12.0. The van der Waals surface area contributed by atoms with E-state index in [9.17, 15) is 14.4 Å². The summed E-state index contributed by atoms with van der Waals surface area (Å²) in [5.41, 5.74) is 2.87. The summed E-state index contributed by atoms with van der Waals surface area (Å²) >= 11 is 0. The van der Waals surface area contributed by atoms with Gasteiger partial charge in [0, 0.05) is 24.7 Å². The quantitative estimate of drug-likeness (QED) is 0.515. The lowest BCUT2D eigenvalue weighted by Crippen LogP contribution is -2.43. The van der Waals surface area contributed by atoms with Crippen molar-refractivity contribution in [1.29, 1.82) is 0 Å². The lowest BCUT2D eigenvalue weighted by molar-refractivity contribution is -0.124. The van der Waals surface area contributed by atoms with E-state index in [1.807, 2.05) is 32.0 Å². The molecular formula is C21H32N4O3. The molecule has 2 rings (SSSR count). The first-order valence-corrected chi connectivity index (χ1v) is 10.1. The average Bonchev–Trinajstić information content (AvgIpc) is 2.68. The van der Waals surface area contributed by atoms with Crippen LogP contribution in [0.25, 0.3) is 0 Å². The van der Waals surface area contributed by atoms with Gasteiger partial charge in [-0.2, -0.15) is 0 Å². The van der Waals surface area contributed by atoms with Gasteiger partial charge in [0.1, 0.15) is 0 Å². The zero-order valence-electron chi connectivity index (χ0n) is 16.9. The smallest absolute Gasteiger partial charge is 0.315 e. The Morgan fingerprint density at radius 3 is 2.50 bits per heavy atom. The first-order chi connectivity index (χ1) is 13.5. The van der Waals surface area contributed by atoms with Gasteiger partial charge in [-0.15, -0.1) is 0 Å². The van der Waals surface area contributed by atoms with Crippen LogP contribution in [0.2, 0.25) is 0 Å². The van der Waals surface area contributed by atoms with E-state index >= 15 is 0 Å². The molecule has 0 atom stereocenters. The predicted molar refractivity (Wildman–Crippen MR) is 110 cm³/mol. The molecule has 7 nitrogen and oxygen atoms in total. The van der Waals surface area contributed by atoms with Crippen molar-refractivity contribution in [2.24, 2.45) is 0 Å². The third kappa shape index (κ3) is 7.58. The van der Waals surface area contributed by atoms with Crippen LogP contribution in [0.1, 0.15) is 56.1 Å². The first-order valence-electron chi connectivity index (χ1n) is 10.1. The fraction of sp³-hybridized carbons (Fsp3) is 0.571. The molecule has 0 aliphatic heterocycles. The molecule has 154 valence electrons. The molecule has 0 radical (unpaired) electrons. The van der Waals surface area contributed by atoms with Crippen molar-refractivity contribution in [3.8, 4) is 0 Å². The standard InChI is InChI=1S/C21H32N4O3/c1-15-8-6-11-18(16(15)2)25-20(27)14-23-19(26)12-7-13-22-21(28)24-17-9-4-3-5-10-17/h6,8,11,17H,3-5,7,9-10,12-14H2,1-2H3,(H,23,26)(H,25,27)(H2,22,24,28). The molecule has 1 saturated carbocycles. The second-order valence-electron chi connectivity index (χ2n) is 7.41. The second kappa shape index (κ2) is 11.3. The number of carbonyl (C=O) groups excluding carboxylic acids is 3. The molecule has 1 aliphatic rings. The maximum Gasteiger partial charge on any atom is 0.315 e. The summed E-state index contributed by atoms with van der Waals surface area (Å²) in [4.78, 5) is 35.7. The van der Waals surface area contributed by atoms with Crippen molar-refractivity contribution >= 4 is 23.5 Å². The third-order valence-electron chi connectivity index (χ3n) is 5.13. The zero-order chi connectivity index (χ0) is 20.4. The molecule has 4 N–H and O–H groups in total. The Morgan fingerprint density at radius 1 is 1.00 bits per heavy atom. The third-order valence-corrected chi connectivity index (χ3v) is 5.13. The molecule has 1 aromatic rings. The largest absolute Gasteiger partial charge is 0.347 e. The average molecular weight is 389 g/mol. The lowest BCUT2D eigenvalue weighted by Gasteiger charge is -2.22. The summed E-state index contributed by atoms with van der Waals surface area (Å²) in [7, 11) is 0. The van der Waals surface area contributed by atoms with Crippen molar-refractivity contribution in [3.63, 3.8) is 0 Å². The SMILES string of the molecule is Cc1cccc(NC(=O)CNC(=O)CCCNC(=O)NC2CCCCC2)c1C. The van der Waals surface area contributed by atoms with Gasteiger partial charge < -0.3 is 21.3 Å². The number of amides is 4. The predicted octanol–water partition coefficient (Wildman–Crippen LogP) is 2.77. The molecule has 7 heteroatoms. The van der Waals surface area contributed by atoms with Gasteiger partial charge >= 0.3 is 6.03 Å². The highest BCUT2D eigenvalue weighted by atomic mass is 16.2. The first kappa shape index (κ1) is 21.7. The molecule has 0 aromatic heterocycles. The summed E-state index contributed by atoms with van der Waals surface area (Å²) in [6.45, 7) is 4.29. The molecule has 0 unspecified atom stereocenters. The van der Waals surface area contributed by atoms with E-state index in [0.29, 0.717) is 13.0 Å². The molecule has 4 amide bonds. The van der Waals surface area contributed by atoms with Crippen LogP contribution in [0.5, 0.6) is 0 Å². The van der Waals surface area contributed by atoms with Crippen LogP contribution in [-0.4, -0.2) is 37.0 Å². The molecular weight excluding hydrogens is 356 g/mol. The molecule has 0 heterocycles. The van der Waals surface area contributed by atoms with E-state index in [1.54, 1.807) is 0 Å². The van der Waals surface area contributed by atoms with Crippen LogP contribution in [-0.2, 0) is 9.59 Å². The number of rotatable bonds is 8. The monoisotopic (exact) mass is 388 g/mol. The number of carbonyl (C=O) groups is 3. The maximum atomic E-state index is 12.0. The Morgan fingerprint density at radius 2 is 1.75 bits per heavy atom. The lowest BCUT2D eigenvalue weighted by atomic mass is 9.96. The number of anilines is 1. The summed E-state index contributed by atoms with van der Waals surface area (Å²) in [6, 6.07) is 5.81. The van der Waals surface area contributed by atoms with Gasteiger partial charge in [-0.05, 0) is 50.3 Å². The van der Waals surface area contributed by atoms with Crippen molar-refractivity contribution in [3.05, 3.63) is 29.3 Å². The highest BCUT2D eigenvalue weighted by molar-refractivity contribution is 5.95. The number of hydrogen-bond acceptors (Lipinski definition) is 3. The molecule has 1 aromatic carbocycles. The zero-order valence-corrected chi connectivity index (χ0v) is 16.9. The minimum Gasteiger partial charge on any atom is -0.347 e. The molecule has 1 fully saturated rings. The highest BCUT2D eigenvalue weighted by Crippen LogP contribution is 2.18. The summed E-state index contributed by atoms with van der Waals surface area (Å²) in [6.07, 6.45) is 6.46. The van der Waals surface area contributed by atoms with E-state index in [4.69, 9.17) is 0 Å². The van der Waals surface area contributed by atoms with Crippen LogP contribution >= 0.6 is 0 Å². The van der Waals surface area contributed by atoms with Gasteiger partial charge in [-0.25, -0.2) is 4.79 Å². The fourth-order valence-electron chi connectivity index (χ4n) is 3.28. The Labute approximate surface area is 167 Å². The highest BCUT2D eigenvalue weighted by Gasteiger charge is 2.15. The van der Waals surface area contributed by atoms with E-state index in [0.717, 1.165) is 29.7 Å². The Hall–Kier alpha value is -2.57. The number of urea groups is 1. The second-order valence-corrected chi connectivity index (χ2v) is 7.41. The van der Waals surface area contributed by atoms with Gasteiger partial charge in [0.2, 0.25) is 11.8 Å². The molecule has 0 saturated heterocycles. The number of hydrogen-bond donors (Lipinski definition) is 4. The summed E-state index contributed by atoms with van der Waals surface area (Å²) in [5.74, 6) is -0.461. The fourth-order valence-corrected chi connectivity index (χ4v) is 3.28. The van der Waals surface area contributed by atoms with Crippen LogP contribution in [0.3, 0.4) is 0 Å². The van der Waals surface area contributed by atoms with E-state index in [-0.39, 0.29) is 36.9 Å². The number of aryl methyl sites for hydroxylation is 1. The van der Waals surface area contributed by atoms with Crippen LogP contribution < -0.4 is 21.3 Å². The van der Waals surface area contributed by atoms with Gasteiger partial charge in [0.05, 0.1) is 6.54 Å². The van der Waals surface area contributed by atoms with E-state index in [2.05, 4.69) is 21.3 Å². The van der Waals surface area contributed by atoms with Gasteiger partial charge in [-0.1, -0.05) is 31.4 Å². The Balaban J connectivity index is 1.56. The molecule has 1 aliphatic carbocycles. The van der Waals surface area contributed by atoms with Crippen LogP contribution in [0.4, 0.5) is 10.5 Å². The van der Waals surface area contributed by atoms with Crippen molar-refractivity contribution in [2.45, 2.75) is 64.8 Å². The molecule has 28 heavy (non-hydrogen) atoms. The number of nitrogens with one attached hydrogen (secondary N) is 4. The number of benzene rings is 1. The molecule has 0 spiro atoms. The topological polar surface area (TPSA) is 99.3 Å². The minimum absolute atomic E-state index is 0.0676. The van der Waals surface area contributed by atoms with E-state index in [1.165, 1.54) is 19.3 Å². The van der Waals surface area contributed by atoms with Gasteiger partial charge in [-0.3, -0.25) is 9.59 Å². The summed E-state index contributed by atoms with van der Waals surface area (Å²) in [5, 5.41) is 11.2. The van der Waals surface area contributed by atoms with Gasteiger partial charge in [0.25, 0.3) is 0 Å². The van der Waals surface area contributed by atoms with E-state index < -0.39 is 0 Å². The van der Waals surface area contributed by atoms with Crippen LogP contribution in [0.15, 0.2) is 18.2 Å². The van der Waals surface area contributed by atoms with Crippen molar-refractivity contribution in [2.75, 3.05) is 18.4 Å². The normalized spacial score (nSPS) is 14.2. The van der Waals surface area contributed by atoms with Crippen molar-refractivity contribution in [1.82, 2.24) is 16.0 Å². The van der Waals surface area contributed by atoms with Crippen molar-refractivity contribution < 1.29 is 14.4 Å². The molecule has 0 bridgehead atoms.